The number of alkyl carbamates (subject to hydrolysis) is 1. The number of aromatic nitrogens is 2. The van der Waals surface area contributed by atoms with Gasteiger partial charge in [-0.3, -0.25) is 10.1 Å². The Morgan fingerprint density at radius 3 is 2.31 bits per heavy atom. The molecule has 49 heavy (non-hydrogen) atoms. The fourth-order valence-corrected chi connectivity index (χ4v) is 5.24. The summed E-state index contributed by atoms with van der Waals surface area (Å²) < 4.78 is 11.1. The Hall–Kier alpha value is -4.94. The third-order valence-electron chi connectivity index (χ3n) is 7.77. The highest BCUT2D eigenvalue weighted by Gasteiger charge is 2.22. The monoisotopic (exact) mass is 676 g/mol. The summed E-state index contributed by atoms with van der Waals surface area (Å²) in [5.41, 5.74) is 2.61. The highest BCUT2D eigenvalue weighted by molar-refractivity contribution is 5.87. The maximum absolute atomic E-state index is 12.4. The van der Waals surface area contributed by atoms with Crippen molar-refractivity contribution in [3.05, 3.63) is 70.6 Å². The number of benzene rings is 2. The molecule has 1 unspecified atom stereocenters. The van der Waals surface area contributed by atoms with Crippen molar-refractivity contribution in [3.8, 4) is 5.75 Å². The van der Waals surface area contributed by atoms with Gasteiger partial charge in [0.1, 0.15) is 12.4 Å². The lowest BCUT2D eigenvalue weighted by Crippen LogP contribution is -2.35. The van der Waals surface area contributed by atoms with Crippen molar-refractivity contribution in [2.45, 2.75) is 67.2 Å². The van der Waals surface area contributed by atoms with Crippen LogP contribution in [-0.4, -0.2) is 61.5 Å². The normalized spacial score (nSPS) is 12.0. The number of hydrogen-bond acceptors (Lipinski definition) is 9. The molecule has 3 amide bonds. The molecule has 0 aliphatic heterocycles. The molecule has 13 heteroatoms. The number of amides is 3. The van der Waals surface area contributed by atoms with Gasteiger partial charge in [0.2, 0.25) is 5.95 Å². The van der Waals surface area contributed by atoms with E-state index in [2.05, 4.69) is 75.7 Å². The molecule has 1 aromatic heterocycles. The lowest BCUT2D eigenvalue weighted by molar-refractivity contribution is 0.146. The molecule has 13 nitrogen and oxygen atoms in total. The summed E-state index contributed by atoms with van der Waals surface area (Å²) in [6.07, 6.45) is 3.26. The van der Waals surface area contributed by atoms with Crippen molar-refractivity contribution in [1.29, 1.82) is 0 Å². The maximum atomic E-state index is 12.4. The number of aryl methyl sites for hydroxylation is 1. The molecule has 3 rings (SSSR count). The maximum Gasteiger partial charge on any atom is 0.407 e. The lowest BCUT2D eigenvalue weighted by Gasteiger charge is -2.28. The lowest BCUT2D eigenvalue weighted by atomic mass is 9.80. The standard InChI is InChI=1S/C36H52N8O5/c1-7-9-21-48-31-16-12-29(13-17-31)43-42-28-10-14-30(15-11-28)44(8-2)20-22-49-35(47)37-19-18-36(5,6)24-26(3)25-38-34(46)41-33-39-27(4)23-32(45)40-33/h10-17,23,26H,7-9,18-22,24-25H2,1-6H3,(H,37,47)(H3,38,39,40,41,45,46)/b43-42+. The zero-order valence-electron chi connectivity index (χ0n) is 29.7. The number of hydrogen-bond donors (Lipinski definition) is 4. The number of ether oxygens (including phenoxy) is 2. The Bertz CT molecular complexity index is 1540. The van der Waals surface area contributed by atoms with Crippen LogP contribution < -0.4 is 31.1 Å². The van der Waals surface area contributed by atoms with Crippen LogP contribution in [0.15, 0.2) is 69.6 Å². The first-order valence-electron chi connectivity index (χ1n) is 17.0. The van der Waals surface area contributed by atoms with Crippen LogP contribution in [0.4, 0.5) is 32.6 Å². The van der Waals surface area contributed by atoms with Crippen LogP contribution in [0.2, 0.25) is 0 Å². The van der Waals surface area contributed by atoms with Crippen LogP contribution >= 0.6 is 0 Å². The highest BCUT2D eigenvalue weighted by atomic mass is 16.5. The number of azo groups is 1. The number of urea groups is 1. The number of nitrogens with one attached hydrogen (secondary N) is 4. The van der Waals surface area contributed by atoms with E-state index in [9.17, 15) is 14.4 Å². The Morgan fingerprint density at radius 2 is 1.67 bits per heavy atom. The minimum Gasteiger partial charge on any atom is -0.494 e. The summed E-state index contributed by atoms with van der Waals surface area (Å²) in [5, 5.41) is 16.9. The number of carbonyl (C=O) groups excluding carboxylic acids is 2. The third-order valence-corrected chi connectivity index (χ3v) is 7.77. The van der Waals surface area contributed by atoms with Crippen LogP contribution in [0, 0.1) is 18.3 Å². The van der Waals surface area contributed by atoms with E-state index < -0.39 is 17.7 Å². The van der Waals surface area contributed by atoms with Crippen LogP contribution in [0.5, 0.6) is 5.75 Å². The number of likely N-dealkylation sites (N-methyl/N-ethyl adjacent to an activating group) is 1. The second-order valence-electron chi connectivity index (χ2n) is 12.9. The van der Waals surface area contributed by atoms with E-state index in [0.29, 0.717) is 31.9 Å². The Balaban J connectivity index is 1.32. The summed E-state index contributed by atoms with van der Waals surface area (Å²) in [7, 11) is 0. The molecule has 0 aliphatic rings. The van der Waals surface area contributed by atoms with Gasteiger partial charge in [-0.05, 0) is 93.0 Å². The predicted octanol–water partition coefficient (Wildman–Crippen LogP) is 7.49. The Kier molecular flexibility index (Phi) is 15.5. The number of carbonyl (C=O) groups is 2. The van der Waals surface area contributed by atoms with Crippen molar-refractivity contribution in [2.75, 3.05) is 49.6 Å². The number of anilines is 2. The number of H-pyrrole nitrogens is 1. The molecule has 0 fully saturated rings. The van der Waals surface area contributed by atoms with Gasteiger partial charge in [-0.2, -0.15) is 15.2 Å². The number of rotatable bonds is 19. The van der Waals surface area contributed by atoms with Crippen molar-refractivity contribution >= 4 is 35.1 Å². The van der Waals surface area contributed by atoms with Crippen LogP contribution in [-0.2, 0) is 4.74 Å². The fraction of sp³-hybridized carbons (Fsp3) is 0.500. The Morgan fingerprint density at radius 1 is 1.00 bits per heavy atom. The molecule has 4 N–H and O–H groups in total. The summed E-state index contributed by atoms with van der Waals surface area (Å²) >= 11 is 0. The van der Waals surface area contributed by atoms with E-state index in [-0.39, 0.29) is 23.9 Å². The molecular weight excluding hydrogens is 624 g/mol. The molecule has 0 radical (unpaired) electrons. The molecule has 0 spiro atoms. The SMILES string of the molecule is CCCCOc1ccc(/N=N/c2ccc(N(CC)CCOC(=O)NCCC(C)(C)CC(C)CNC(=O)Nc3nc(=O)cc(C)[nH]3)cc2)cc1. The van der Waals surface area contributed by atoms with E-state index >= 15 is 0 Å². The fourth-order valence-electron chi connectivity index (χ4n) is 5.24. The van der Waals surface area contributed by atoms with Crippen molar-refractivity contribution in [1.82, 2.24) is 20.6 Å². The average Bonchev–Trinajstić information content (AvgIpc) is 3.05. The van der Waals surface area contributed by atoms with Crippen LogP contribution in [0.1, 0.15) is 66.0 Å². The van der Waals surface area contributed by atoms with E-state index in [1.54, 1.807) is 6.92 Å². The smallest absolute Gasteiger partial charge is 0.407 e. The van der Waals surface area contributed by atoms with E-state index in [4.69, 9.17) is 9.47 Å². The second kappa shape index (κ2) is 19.8. The molecule has 2 aromatic carbocycles. The third kappa shape index (κ3) is 14.8. The number of unbranched alkanes of at least 4 members (excludes halogenated alkanes) is 1. The minimum atomic E-state index is -0.447. The topological polar surface area (TPSA) is 162 Å². The number of aromatic amines is 1. The molecule has 0 aliphatic carbocycles. The molecule has 1 heterocycles. The second-order valence-corrected chi connectivity index (χ2v) is 12.9. The van der Waals surface area contributed by atoms with Gasteiger partial charge in [0.15, 0.2) is 0 Å². The van der Waals surface area contributed by atoms with Gasteiger partial charge in [-0.25, -0.2) is 9.59 Å². The van der Waals surface area contributed by atoms with E-state index in [0.717, 1.165) is 55.0 Å². The molecular formula is C36H52N8O5. The summed E-state index contributed by atoms with van der Waals surface area (Å²) in [4.78, 5) is 44.9. The van der Waals surface area contributed by atoms with Crippen molar-refractivity contribution < 1.29 is 19.1 Å². The van der Waals surface area contributed by atoms with E-state index in [1.807, 2.05) is 48.5 Å². The van der Waals surface area contributed by atoms with Gasteiger partial charge >= 0.3 is 12.1 Å². The molecule has 3 aromatic rings. The minimum absolute atomic E-state index is 0.0770. The molecule has 266 valence electrons. The zero-order valence-corrected chi connectivity index (χ0v) is 29.7. The van der Waals surface area contributed by atoms with Gasteiger partial charge in [0.05, 0.1) is 24.5 Å². The van der Waals surface area contributed by atoms with Crippen molar-refractivity contribution in [3.63, 3.8) is 0 Å². The molecule has 0 bridgehead atoms. The summed E-state index contributed by atoms with van der Waals surface area (Å²) in [6, 6.07) is 16.3. The molecule has 0 saturated heterocycles. The van der Waals surface area contributed by atoms with Crippen molar-refractivity contribution in [2.24, 2.45) is 21.6 Å². The molecule has 0 saturated carbocycles. The van der Waals surface area contributed by atoms with Gasteiger partial charge in [0.25, 0.3) is 5.56 Å². The van der Waals surface area contributed by atoms with Gasteiger partial charge in [0, 0.05) is 37.1 Å². The Labute approximate surface area is 289 Å². The first-order valence-corrected chi connectivity index (χ1v) is 17.0. The summed E-state index contributed by atoms with van der Waals surface area (Å²) in [5.74, 6) is 1.12. The van der Waals surface area contributed by atoms with Gasteiger partial charge < -0.3 is 30.0 Å². The molecule has 1 atom stereocenters. The average molecular weight is 677 g/mol. The largest absolute Gasteiger partial charge is 0.494 e. The first-order chi connectivity index (χ1) is 23.5. The van der Waals surface area contributed by atoms with Crippen LogP contribution in [0.25, 0.3) is 0 Å². The highest BCUT2D eigenvalue weighted by Crippen LogP contribution is 2.29. The number of nitrogens with zero attached hydrogens (tertiary/aromatic N) is 4. The van der Waals surface area contributed by atoms with Gasteiger partial charge in [-0.1, -0.05) is 34.1 Å². The predicted molar refractivity (Wildman–Crippen MR) is 193 cm³/mol. The quantitative estimate of drug-likeness (QED) is 0.0755. The van der Waals surface area contributed by atoms with Gasteiger partial charge in [-0.15, -0.1) is 0 Å². The zero-order chi connectivity index (χ0) is 35.6. The van der Waals surface area contributed by atoms with Crippen LogP contribution in [0.3, 0.4) is 0 Å². The summed E-state index contributed by atoms with van der Waals surface area (Å²) in [6.45, 7) is 15.4. The van der Waals surface area contributed by atoms with E-state index in [1.165, 1.54) is 6.07 Å². The first kappa shape index (κ1) is 38.5.